The van der Waals surface area contributed by atoms with Crippen LogP contribution in [0.5, 0.6) is 17.4 Å². The lowest BCUT2D eigenvalue weighted by Crippen LogP contribution is -2.27. The van der Waals surface area contributed by atoms with Crippen LogP contribution in [0, 0.1) is 12.7 Å². The lowest BCUT2D eigenvalue weighted by atomic mass is 10.1. The molecule has 1 aliphatic rings. The van der Waals surface area contributed by atoms with E-state index in [4.69, 9.17) is 21.1 Å². The van der Waals surface area contributed by atoms with Crippen molar-refractivity contribution >= 4 is 40.6 Å². The summed E-state index contributed by atoms with van der Waals surface area (Å²) in [5.74, 6) is -1.04. The van der Waals surface area contributed by atoms with E-state index in [1.54, 1.807) is 18.2 Å². The minimum absolute atomic E-state index is 0.164. The topological polar surface area (TPSA) is 81.6 Å². The number of ether oxygens (including phenoxy) is 2. The molecule has 2 heterocycles. The Labute approximate surface area is 198 Å². The predicted octanol–water partition coefficient (Wildman–Crippen LogP) is 5.61. The molecule has 3 aromatic rings. The molecule has 0 bridgehead atoms. The fraction of sp³-hybridized carbons (Fsp3) is 0.130. The molecule has 33 heavy (non-hydrogen) atoms. The molecule has 1 fully saturated rings. The number of benzene rings is 2. The first-order valence-electron chi connectivity index (χ1n) is 9.69. The largest absolute Gasteiger partial charge is 0.493 e. The summed E-state index contributed by atoms with van der Waals surface area (Å²) in [6.45, 7) is 2.17. The summed E-state index contributed by atoms with van der Waals surface area (Å²) in [7, 11) is 1.42. The first-order chi connectivity index (χ1) is 15.8. The summed E-state index contributed by atoms with van der Waals surface area (Å²) in [4.78, 5) is 34.0. The average Bonchev–Trinajstić information content (AvgIpc) is 3.06. The normalized spacial score (nSPS) is 14.8. The quantitative estimate of drug-likeness (QED) is 0.331. The van der Waals surface area contributed by atoms with Gasteiger partial charge in [-0.15, -0.1) is 0 Å². The second-order valence-corrected chi connectivity index (χ2v) is 8.39. The molecule has 0 saturated carbocycles. The monoisotopic (exact) mass is 485 g/mol. The molecule has 0 atom stereocenters. The number of aromatic nitrogens is 2. The van der Waals surface area contributed by atoms with Gasteiger partial charge in [0.05, 0.1) is 24.8 Å². The molecular formula is C23H17ClFN3O4S. The van der Waals surface area contributed by atoms with Crippen LogP contribution in [0.4, 0.5) is 9.18 Å². The van der Waals surface area contributed by atoms with E-state index in [1.165, 1.54) is 18.1 Å². The number of carbonyl (C=O) groups excluding carboxylic acids is 2. The number of aryl methyl sites for hydroxylation is 1. The van der Waals surface area contributed by atoms with Gasteiger partial charge in [0.15, 0.2) is 11.5 Å². The van der Waals surface area contributed by atoms with Gasteiger partial charge in [0.1, 0.15) is 0 Å². The van der Waals surface area contributed by atoms with Gasteiger partial charge >= 0.3 is 0 Å². The molecule has 1 saturated heterocycles. The molecule has 0 unspecified atom stereocenters. The van der Waals surface area contributed by atoms with Crippen LogP contribution in [-0.4, -0.2) is 33.1 Å². The van der Waals surface area contributed by atoms with Crippen LogP contribution in [0.25, 0.3) is 6.08 Å². The van der Waals surface area contributed by atoms with E-state index in [0.29, 0.717) is 5.56 Å². The van der Waals surface area contributed by atoms with Crippen LogP contribution in [0.1, 0.15) is 16.7 Å². The van der Waals surface area contributed by atoms with Crippen LogP contribution in [-0.2, 0) is 11.3 Å². The van der Waals surface area contributed by atoms with Crippen molar-refractivity contribution in [2.45, 2.75) is 13.5 Å². The summed E-state index contributed by atoms with van der Waals surface area (Å²) < 4.78 is 24.7. The standard InChI is InChI=1S/C23H17ClFN3O4S/c1-13-3-5-14(6-4-13)12-28-21(29)19(33-23(28)30)10-15-7-8-17(18(9-15)31-2)32-20-16(25)11-26-22(24)27-20/h3-11H,12H2,1-2H3/b19-10-. The van der Waals surface area contributed by atoms with Crippen molar-refractivity contribution in [2.24, 2.45) is 0 Å². The number of hydrogen-bond donors (Lipinski definition) is 0. The highest BCUT2D eigenvalue weighted by atomic mass is 35.5. The summed E-state index contributed by atoms with van der Waals surface area (Å²) in [5.41, 5.74) is 2.56. The number of carbonyl (C=O) groups is 2. The van der Waals surface area contributed by atoms with E-state index in [2.05, 4.69) is 9.97 Å². The second kappa shape index (κ2) is 9.60. The SMILES string of the molecule is COc1cc(/C=C2\SC(=O)N(Cc3ccc(C)cc3)C2=O)ccc1Oc1nc(Cl)ncc1F. The molecule has 2 aromatic carbocycles. The van der Waals surface area contributed by atoms with Crippen molar-refractivity contribution in [3.05, 3.63) is 81.4 Å². The molecule has 168 valence electrons. The number of nitrogens with zero attached hydrogens (tertiary/aromatic N) is 3. The molecule has 7 nitrogen and oxygen atoms in total. The molecule has 4 rings (SSSR count). The Morgan fingerprint density at radius 1 is 1.15 bits per heavy atom. The number of halogens is 2. The van der Waals surface area contributed by atoms with Crippen LogP contribution in [0.2, 0.25) is 5.28 Å². The summed E-state index contributed by atoms with van der Waals surface area (Å²) >= 11 is 6.57. The minimum Gasteiger partial charge on any atom is -0.493 e. The summed E-state index contributed by atoms with van der Waals surface area (Å²) in [5, 5.41) is -0.502. The second-order valence-electron chi connectivity index (χ2n) is 7.06. The summed E-state index contributed by atoms with van der Waals surface area (Å²) in [6, 6.07) is 12.4. The van der Waals surface area contributed by atoms with Gasteiger partial charge in [-0.25, -0.2) is 4.98 Å². The third kappa shape index (κ3) is 5.15. The van der Waals surface area contributed by atoms with E-state index in [1.807, 2.05) is 31.2 Å². The van der Waals surface area contributed by atoms with Gasteiger partial charge in [-0.2, -0.15) is 9.37 Å². The van der Waals surface area contributed by atoms with Crippen LogP contribution in [0.3, 0.4) is 0 Å². The van der Waals surface area contributed by atoms with Crippen molar-refractivity contribution in [1.82, 2.24) is 14.9 Å². The Hall–Kier alpha value is -3.43. The Morgan fingerprint density at radius 2 is 1.91 bits per heavy atom. The lowest BCUT2D eigenvalue weighted by molar-refractivity contribution is -0.123. The summed E-state index contributed by atoms with van der Waals surface area (Å²) in [6.07, 6.45) is 2.49. The molecule has 1 aromatic heterocycles. The maximum atomic E-state index is 13.9. The van der Waals surface area contributed by atoms with Gasteiger partial charge in [0, 0.05) is 0 Å². The zero-order valence-electron chi connectivity index (χ0n) is 17.5. The van der Waals surface area contributed by atoms with Gasteiger partial charge in [-0.1, -0.05) is 35.9 Å². The zero-order valence-corrected chi connectivity index (χ0v) is 19.1. The highest BCUT2D eigenvalue weighted by molar-refractivity contribution is 8.18. The van der Waals surface area contributed by atoms with Crippen molar-refractivity contribution in [1.29, 1.82) is 0 Å². The molecule has 10 heteroatoms. The number of hydrogen-bond acceptors (Lipinski definition) is 7. The predicted molar refractivity (Wildman–Crippen MR) is 123 cm³/mol. The highest BCUT2D eigenvalue weighted by Gasteiger charge is 2.35. The number of rotatable bonds is 6. The Kier molecular flexibility index (Phi) is 6.62. The molecule has 0 N–H and O–H groups in total. The Morgan fingerprint density at radius 3 is 2.64 bits per heavy atom. The molecule has 0 spiro atoms. The zero-order chi connectivity index (χ0) is 23.5. The van der Waals surface area contributed by atoms with E-state index in [9.17, 15) is 14.0 Å². The van der Waals surface area contributed by atoms with E-state index >= 15 is 0 Å². The molecule has 0 radical (unpaired) electrons. The van der Waals surface area contributed by atoms with E-state index < -0.39 is 5.82 Å². The van der Waals surface area contributed by atoms with Gasteiger partial charge < -0.3 is 9.47 Å². The lowest BCUT2D eigenvalue weighted by Gasteiger charge is -2.12. The first-order valence-corrected chi connectivity index (χ1v) is 10.9. The Bertz CT molecular complexity index is 1270. The van der Waals surface area contributed by atoms with Crippen molar-refractivity contribution in [3.8, 4) is 17.4 Å². The van der Waals surface area contributed by atoms with Crippen LogP contribution < -0.4 is 9.47 Å². The van der Waals surface area contributed by atoms with Crippen molar-refractivity contribution in [2.75, 3.05) is 7.11 Å². The number of thioether (sulfide) groups is 1. The molecular weight excluding hydrogens is 469 g/mol. The number of methoxy groups -OCH3 is 1. The average molecular weight is 486 g/mol. The Balaban J connectivity index is 1.54. The van der Waals surface area contributed by atoms with Gasteiger partial charge in [-0.05, 0) is 59.6 Å². The molecule has 1 aliphatic heterocycles. The molecule has 2 amide bonds. The maximum Gasteiger partial charge on any atom is 0.293 e. The van der Waals surface area contributed by atoms with E-state index in [-0.39, 0.29) is 45.3 Å². The van der Waals surface area contributed by atoms with Crippen LogP contribution in [0.15, 0.2) is 53.6 Å². The maximum absolute atomic E-state index is 13.9. The number of imide groups is 1. The smallest absolute Gasteiger partial charge is 0.293 e. The first kappa shape index (κ1) is 22.8. The minimum atomic E-state index is -0.784. The fourth-order valence-electron chi connectivity index (χ4n) is 3.03. The van der Waals surface area contributed by atoms with Crippen molar-refractivity contribution < 1.29 is 23.5 Å². The fourth-order valence-corrected chi connectivity index (χ4v) is 3.99. The van der Waals surface area contributed by atoms with Crippen LogP contribution >= 0.6 is 23.4 Å². The van der Waals surface area contributed by atoms with Gasteiger partial charge in [0.25, 0.3) is 17.0 Å². The third-order valence-corrected chi connectivity index (χ3v) is 5.80. The van der Waals surface area contributed by atoms with E-state index in [0.717, 1.165) is 29.1 Å². The third-order valence-electron chi connectivity index (χ3n) is 4.71. The van der Waals surface area contributed by atoms with Crippen molar-refractivity contribution in [3.63, 3.8) is 0 Å². The van der Waals surface area contributed by atoms with Gasteiger partial charge in [-0.3, -0.25) is 14.5 Å². The highest BCUT2D eigenvalue weighted by Crippen LogP contribution is 2.36. The molecule has 0 aliphatic carbocycles. The van der Waals surface area contributed by atoms with Gasteiger partial charge in [0.2, 0.25) is 11.1 Å². The number of amides is 2.